The molecule has 1 fully saturated rings. The van der Waals surface area contributed by atoms with Crippen LogP contribution in [-0.4, -0.2) is 39.9 Å². The number of halogens is 1. The minimum absolute atomic E-state index is 0.0147. The van der Waals surface area contributed by atoms with Gasteiger partial charge in [0.25, 0.3) is 0 Å². The molecule has 9 heteroatoms. The van der Waals surface area contributed by atoms with Crippen LogP contribution in [0.1, 0.15) is 6.42 Å². The third-order valence-corrected chi connectivity index (χ3v) is 4.75. The standard InChI is InChI=1S/C18H19ClN6O2/c1-24-16(10-14(23-24)15-5-3-9-27-15)22-18(26)21-12-6-8-25(11-12)17-13(19)4-2-7-20-17/h2-5,7,9-10,12H,6,8,11H2,1H3,(H2,21,22,26)/t12-/m1/s1. The van der Waals surface area contributed by atoms with Crippen LogP contribution in [0.2, 0.25) is 5.02 Å². The van der Waals surface area contributed by atoms with Gasteiger partial charge in [0.1, 0.15) is 17.3 Å². The van der Waals surface area contributed by atoms with Crippen molar-refractivity contribution < 1.29 is 9.21 Å². The Kier molecular flexibility index (Phi) is 4.72. The minimum Gasteiger partial charge on any atom is -0.463 e. The van der Waals surface area contributed by atoms with Gasteiger partial charge in [-0.15, -0.1) is 0 Å². The molecule has 4 heterocycles. The number of pyridine rings is 1. The third-order valence-electron chi connectivity index (χ3n) is 4.46. The fourth-order valence-electron chi connectivity index (χ4n) is 3.15. The Morgan fingerprint density at radius 1 is 1.37 bits per heavy atom. The SMILES string of the molecule is Cn1nc(-c2ccco2)cc1NC(=O)N[C@@H]1CCN(c2ncccc2Cl)C1. The molecular formula is C18H19ClN6O2. The van der Waals surface area contributed by atoms with E-state index in [2.05, 4.69) is 25.6 Å². The quantitative estimate of drug-likeness (QED) is 0.719. The number of carbonyl (C=O) groups is 1. The van der Waals surface area contributed by atoms with E-state index >= 15 is 0 Å². The Labute approximate surface area is 161 Å². The number of nitrogens with one attached hydrogen (secondary N) is 2. The number of aryl methyl sites for hydroxylation is 1. The van der Waals surface area contributed by atoms with Gasteiger partial charge in [-0.1, -0.05) is 11.6 Å². The van der Waals surface area contributed by atoms with Gasteiger partial charge in [-0.3, -0.25) is 10.00 Å². The summed E-state index contributed by atoms with van der Waals surface area (Å²) in [4.78, 5) is 18.8. The first-order valence-corrected chi connectivity index (χ1v) is 8.99. The summed E-state index contributed by atoms with van der Waals surface area (Å²) in [5.41, 5.74) is 0.662. The fourth-order valence-corrected chi connectivity index (χ4v) is 3.39. The number of carbonyl (C=O) groups excluding carboxylic acids is 1. The number of amides is 2. The van der Waals surface area contributed by atoms with E-state index in [0.717, 1.165) is 18.8 Å². The Hall–Kier alpha value is -3.00. The van der Waals surface area contributed by atoms with E-state index in [1.807, 2.05) is 12.1 Å². The van der Waals surface area contributed by atoms with Crippen molar-refractivity contribution in [1.82, 2.24) is 20.1 Å². The highest BCUT2D eigenvalue weighted by Crippen LogP contribution is 2.26. The number of urea groups is 1. The van der Waals surface area contributed by atoms with Gasteiger partial charge in [0.05, 0.1) is 11.3 Å². The Morgan fingerprint density at radius 3 is 3.04 bits per heavy atom. The molecule has 2 amide bonds. The average Bonchev–Trinajstić information content (AvgIpc) is 3.38. The lowest BCUT2D eigenvalue weighted by atomic mass is 10.3. The van der Waals surface area contributed by atoms with Crippen LogP contribution in [0.15, 0.2) is 47.2 Å². The van der Waals surface area contributed by atoms with Crippen LogP contribution in [0.3, 0.4) is 0 Å². The van der Waals surface area contributed by atoms with E-state index in [9.17, 15) is 4.79 Å². The van der Waals surface area contributed by atoms with Crippen molar-refractivity contribution in [3.05, 3.63) is 47.8 Å². The van der Waals surface area contributed by atoms with Gasteiger partial charge in [-0.05, 0) is 30.7 Å². The lowest BCUT2D eigenvalue weighted by molar-refractivity contribution is 0.249. The molecular weight excluding hydrogens is 368 g/mol. The summed E-state index contributed by atoms with van der Waals surface area (Å²) in [6.07, 6.45) is 4.13. The van der Waals surface area contributed by atoms with Crippen molar-refractivity contribution in [3.63, 3.8) is 0 Å². The van der Waals surface area contributed by atoms with Gasteiger partial charge in [0.15, 0.2) is 5.76 Å². The molecule has 0 radical (unpaired) electrons. The highest BCUT2D eigenvalue weighted by Gasteiger charge is 2.26. The molecule has 3 aromatic rings. The van der Waals surface area contributed by atoms with Gasteiger partial charge in [0, 0.05) is 38.4 Å². The third kappa shape index (κ3) is 3.75. The summed E-state index contributed by atoms with van der Waals surface area (Å²) in [6.45, 7) is 1.45. The second-order valence-electron chi connectivity index (χ2n) is 6.35. The van der Waals surface area contributed by atoms with Gasteiger partial charge >= 0.3 is 6.03 Å². The summed E-state index contributed by atoms with van der Waals surface area (Å²) in [5.74, 6) is 1.98. The van der Waals surface area contributed by atoms with Crippen LogP contribution in [0.25, 0.3) is 11.5 Å². The van der Waals surface area contributed by atoms with Crippen LogP contribution in [0, 0.1) is 0 Å². The highest BCUT2D eigenvalue weighted by atomic mass is 35.5. The molecule has 140 valence electrons. The normalized spacial score (nSPS) is 16.5. The van der Waals surface area contributed by atoms with E-state index < -0.39 is 0 Å². The number of hydrogen-bond acceptors (Lipinski definition) is 5. The largest absolute Gasteiger partial charge is 0.463 e. The predicted octanol–water partition coefficient (Wildman–Crippen LogP) is 3.13. The van der Waals surface area contributed by atoms with Gasteiger partial charge in [0.2, 0.25) is 0 Å². The Balaban J connectivity index is 1.36. The number of anilines is 2. The number of nitrogens with zero attached hydrogens (tertiary/aromatic N) is 4. The highest BCUT2D eigenvalue weighted by molar-refractivity contribution is 6.32. The first-order valence-electron chi connectivity index (χ1n) is 8.61. The maximum atomic E-state index is 12.4. The van der Waals surface area contributed by atoms with Crippen molar-refractivity contribution in [2.45, 2.75) is 12.5 Å². The monoisotopic (exact) mass is 386 g/mol. The molecule has 1 saturated heterocycles. The minimum atomic E-state index is -0.275. The zero-order valence-electron chi connectivity index (χ0n) is 14.7. The molecule has 0 unspecified atom stereocenters. The fraction of sp³-hybridized carbons (Fsp3) is 0.278. The zero-order valence-corrected chi connectivity index (χ0v) is 15.5. The molecule has 0 spiro atoms. The molecule has 27 heavy (non-hydrogen) atoms. The Morgan fingerprint density at radius 2 is 2.26 bits per heavy atom. The van der Waals surface area contributed by atoms with Gasteiger partial charge < -0.3 is 14.6 Å². The number of rotatable bonds is 4. The lowest BCUT2D eigenvalue weighted by Gasteiger charge is -2.19. The summed E-state index contributed by atoms with van der Waals surface area (Å²) < 4.78 is 6.94. The second-order valence-corrected chi connectivity index (χ2v) is 6.76. The van der Waals surface area contributed by atoms with Crippen molar-refractivity contribution in [2.24, 2.45) is 7.05 Å². The van der Waals surface area contributed by atoms with Gasteiger partial charge in [-0.2, -0.15) is 5.10 Å². The molecule has 4 rings (SSSR count). The molecule has 1 aliphatic heterocycles. The van der Waals surface area contributed by atoms with Crippen molar-refractivity contribution >= 4 is 29.3 Å². The van der Waals surface area contributed by atoms with E-state index in [1.165, 1.54) is 0 Å². The molecule has 1 aliphatic rings. The van der Waals surface area contributed by atoms with Crippen molar-refractivity contribution in [2.75, 3.05) is 23.3 Å². The predicted molar refractivity (Wildman–Crippen MR) is 103 cm³/mol. The number of hydrogen-bond donors (Lipinski definition) is 2. The molecule has 0 aliphatic carbocycles. The maximum Gasteiger partial charge on any atom is 0.320 e. The van der Waals surface area contributed by atoms with E-state index in [-0.39, 0.29) is 12.1 Å². The number of aromatic nitrogens is 3. The molecule has 0 bridgehead atoms. The maximum absolute atomic E-state index is 12.4. The molecule has 0 saturated carbocycles. The van der Waals surface area contributed by atoms with Crippen LogP contribution in [-0.2, 0) is 7.05 Å². The molecule has 2 N–H and O–H groups in total. The van der Waals surface area contributed by atoms with E-state index in [0.29, 0.717) is 28.8 Å². The van der Waals surface area contributed by atoms with Crippen LogP contribution in [0.5, 0.6) is 0 Å². The molecule has 3 aromatic heterocycles. The summed E-state index contributed by atoms with van der Waals surface area (Å²) >= 11 is 6.21. The summed E-state index contributed by atoms with van der Waals surface area (Å²) in [5, 5.41) is 10.8. The topological polar surface area (TPSA) is 88.2 Å². The van der Waals surface area contributed by atoms with Crippen LogP contribution < -0.4 is 15.5 Å². The average molecular weight is 387 g/mol. The van der Waals surface area contributed by atoms with Gasteiger partial charge in [-0.25, -0.2) is 9.78 Å². The first-order chi connectivity index (χ1) is 13.1. The van der Waals surface area contributed by atoms with E-state index in [1.54, 1.807) is 42.4 Å². The van der Waals surface area contributed by atoms with Crippen LogP contribution in [0.4, 0.5) is 16.4 Å². The number of furan rings is 1. The van der Waals surface area contributed by atoms with Crippen LogP contribution >= 0.6 is 11.6 Å². The lowest BCUT2D eigenvalue weighted by Crippen LogP contribution is -2.40. The Bertz CT molecular complexity index is 939. The molecule has 0 aromatic carbocycles. The zero-order chi connectivity index (χ0) is 18.8. The van der Waals surface area contributed by atoms with Crippen molar-refractivity contribution in [1.29, 1.82) is 0 Å². The summed E-state index contributed by atoms with van der Waals surface area (Å²) in [6, 6.07) is 8.74. The second kappa shape index (κ2) is 7.32. The molecule has 8 nitrogen and oxygen atoms in total. The molecule has 1 atom stereocenters. The summed E-state index contributed by atoms with van der Waals surface area (Å²) in [7, 11) is 1.77. The van der Waals surface area contributed by atoms with E-state index in [4.69, 9.17) is 16.0 Å². The first kappa shape index (κ1) is 17.4. The van der Waals surface area contributed by atoms with Crippen molar-refractivity contribution in [3.8, 4) is 11.5 Å². The smallest absolute Gasteiger partial charge is 0.320 e.